The molecule has 1 saturated carbocycles. The summed E-state index contributed by atoms with van der Waals surface area (Å²) >= 11 is 12.6. The lowest BCUT2D eigenvalue weighted by atomic mass is 9.48. The minimum Gasteiger partial charge on any atom is -0.368 e. The second kappa shape index (κ2) is 10.4. The number of carbonyl (C=O) groups excluding carboxylic acids is 3. The Balaban J connectivity index is 1.62. The van der Waals surface area contributed by atoms with E-state index in [0.29, 0.717) is 48.6 Å². The van der Waals surface area contributed by atoms with E-state index >= 15 is 4.39 Å². The molecule has 8 atom stereocenters. The van der Waals surface area contributed by atoms with Gasteiger partial charge in [0, 0.05) is 34.3 Å². The number of nitrogens with one attached hydrogen (secondary N) is 2. The van der Waals surface area contributed by atoms with Crippen molar-refractivity contribution in [2.45, 2.75) is 81.9 Å². The van der Waals surface area contributed by atoms with E-state index in [4.69, 9.17) is 39.4 Å². The van der Waals surface area contributed by atoms with Crippen molar-refractivity contribution in [1.29, 1.82) is 0 Å². The van der Waals surface area contributed by atoms with Gasteiger partial charge in [-0.3, -0.25) is 19.7 Å². The summed E-state index contributed by atoms with van der Waals surface area (Å²) in [4.78, 5) is 44.9. The first kappa shape index (κ1) is 31.2. The van der Waals surface area contributed by atoms with Gasteiger partial charge < -0.3 is 21.5 Å². The van der Waals surface area contributed by atoms with Crippen LogP contribution in [0.2, 0.25) is 10.2 Å². The molecule has 3 fully saturated rings. The lowest BCUT2D eigenvalue weighted by Crippen LogP contribution is -2.66. The van der Waals surface area contributed by atoms with Crippen LogP contribution in [0.25, 0.3) is 0 Å². The topological polar surface area (TPSA) is 149 Å². The van der Waals surface area contributed by atoms with Gasteiger partial charge in [-0.05, 0) is 79.2 Å². The number of fused-ring (bicyclic) bond motifs is 3. The van der Waals surface area contributed by atoms with Crippen molar-refractivity contribution in [2.75, 3.05) is 11.9 Å². The number of hydrogen-bond acceptors (Lipinski definition) is 6. The number of aromatic nitrogens is 1. The van der Waals surface area contributed by atoms with Crippen LogP contribution >= 0.6 is 23.2 Å². The number of amides is 3. The molecule has 1 aromatic carbocycles. The first-order valence-corrected chi connectivity index (χ1v) is 15.8. The molecule has 1 aliphatic carbocycles. The van der Waals surface area contributed by atoms with Crippen LogP contribution in [0.5, 0.6) is 0 Å². The molecule has 3 aliphatic heterocycles. The number of nitrogens with two attached hydrogens (primary N) is 2. The van der Waals surface area contributed by atoms with Gasteiger partial charge in [-0.1, -0.05) is 50.0 Å². The molecular formula is C32H38Cl2FN5O4. The molecule has 3 amide bonds. The second-order valence-corrected chi connectivity index (χ2v) is 14.9. The number of pyridine rings is 1. The zero-order valence-corrected chi connectivity index (χ0v) is 26.7. The van der Waals surface area contributed by atoms with Crippen molar-refractivity contribution in [1.82, 2.24) is 10.3 Å². The number of rotatable bonds is 4. The number of benzene rings is 1. The molecule has 2 saturated heterocycles. The summed E-state index contributed by atoms with van der Waals surface area (Å²) in [5.74, 6) is -3.87. The molecule has 1 aromatic heterocycles. The predicted octanol–water partition coefficient (Wildman–Crippen LogP) is 4.44. The summed E-state index contributed by atoms with van der Waals surface area (Å²) in [5.41, 5.74) is 9.07. The van der Waals surface area contributed by atoms with Crippen LogP contribution in [-0.2, 0) is 24.5 Å². The van der Waals surface area contributed by atoms with Crippen molar-refractivity contribution >= 4 is 46.6 Å². The normalized spacial score (nSPS) is 37.6. The van der Waals surface area contributed by atoms with Gasteiger partial charge in [-0.15, -0.1) is 0 Å². The minimum atomic E-state index is -1.50. The van der Waals surface area contributed by atoms with E-state index in [2.05, 4.69) is 36.4 Å². The highest BCUT2D eigenvalue weighted by molar-refractivity contribution is 6.31. The van der Waals surface area contributed by atoms with E-state index in [1.54, 1.807) is 25.1 Å². The number of halogens is 3. The van der Waals surface area contributed by atoms with E-state index in [0.717, 1.165) is 0 Å². The van der Waals surface area contributed by atoms with Gasteiger partial charge in [-0.25, -0.2) is 9.37 Å². The third kappa shape index (κ3) is 4.24. The van der Waals surface area contributed by atoms with Crippen molar-refractivity contribution < 1.29 is 23.5 Å². The summed E-state index contributed by atoms with van der Waals surface area (Å²) < 4.78 is 22.2. The van der Waals surface area contributed by atoms with E-state index in [1.165, 1.54) is 12.3 Å². The van der Waals surface area contributed by atoms with Crippen LogP contribution in [0.1, 0.15) is 70.4 Å². The molecule has 236 valence electrons. The summed E-state index contributed by atoms with van der Waals surface area (Å²) in [6, 6.07) is 5.43. The Labute approximate surface area is 265 Å². The summed E-state index contributed by atoms with van der Waals surface area (Å²) in [6.45, 7) is 8.54. The average Bonchev–Trinajstić information content (AvgIpc) is 3.41. The van der Waals surface area contributed by atoms with Crippen molar-refractivity contribution in [3.8, 4) is 0 Å². The van der Waals surface area contributed by atoms with Gasteiger partial charge in [0.2, 0.25) is 17.7 Å². The predicted molar refractivity (Wildman–Crippen MR) is 164 cm³/mol. The van der Waals surface area contributed by atoms with Crippen molar-refractivity contribution in [3.63, 3.8) is 0 Å². The lowest BCUT2D eigenvalue weighted by molar-refractivity contribution is -0.181. The molecule has 6 N–H and O–H groups in total. The fourth-order valence-electron chi connectivity index (χ4n) is 9.06. The molecule has 2 aromatic rings. The summed E-state index contributed by atoms with van der Waals surface area (Å²) in [5, 5.41) is 6.59. The maximum absolute atomic E-state index is 16.0. The quantitative estimate of drug-likeness (QED) is 0.361. The minimum absolute atomic E-state index is 0.0640. The third-order valence-electron chi connectivity index (χ3n) is 11.3. The van der Waals surface area contributed by atoms with Gasteiger partial charge in [0.15, 0.2) is 11.0 Å². The fourth-order valence-corrected chi connectivity index (χ4v) is 9.39. The maximum atomic E-state index is 16.0. The molecule has 9 nitrogen and oxygen atoms in total. The highest BCUT2D eigenvalue weighted by atomic mass is 35.5. The molecule has 6 rings (SSSR count). The second-order valence-electron chi connectivity index (χ2n) is 14.1. The van der Waals surface area contributed by atoms with Crippen molar-refractivity contribution in [2.24, 2.45) is 34.6 Å². The standard InChI is InChI=1S/C32H38Cl2FN5O4/c1-15-11-19(30(4,27(37)42)44-14-15)20-13-31(9-8-29(20,2)3)32(18-6-5-16(33)12-21(18)39-28(32)43)22(24(40-31)26(36)41)17-7-10-38-25(34)23(17)35/h5-7,10,12,15,19-20,22,24,40H,8-9,11,13-14H2,1-4H3,(H2,36,41)(H2,37,42)(H,39,43)/t15-,19?,20?,22+,24-,30+,31?,32-/m1/s1. The van der Waals surface area contributed by atoms with Gasteiger partial charge >= 0.3 is 0 Å². The number of nitrogens with zero attached hydrogens (tertiary/aromatic N) is 1. The molecule has 3 unspecified atom stereocenters. The highest BCUT2D eigenvalue weighted by Gasteiger charge is 2.74. The summed E-state index contributed by atoms with van der Waals surface area (Å²) in [6.07, 6.45) is 3.49. The van der Waals surface area contributed by atoms with Gasteiger partial charge in [0.05, 0.1) is 12.6 Å². The average molecular weight is 647 g/mol. The Morgan fingerprint density at radius 1 is 1.11 bits per heavy atom. The number of anilines is 1. The van der Waals surface area contributed by atoms with Crippen molar-refractivity contribution in [3.05, 3.63) is 57.6 Å². The Hall–Kier alpha value is -2.79. The van der Waals surface area contributed by atoms with E-state index in [-0.39, 0.29) is 33.9 Å². The van der Waals surface area contributed by atoms with E-state index in [1.807, 2.05) is 0 Å². The highest BCUT2D eigenvalue weighted by Crippen LogP contribution is 2.66. The van der Waals surface area contributed by atoms with Crippen LogP contribution < -0.4 is 22.1 Å². The van der Waals surface area contributed by atoms with Crippen LogP contribution in [0.4, 0.5) is 10.1 Å². The smallest absolute Gasteiger partial charge is 0.249 e. The van der Waals surface area contributed by atoms with Gasteiger partial charge in [0.1, 0.15) is 11.0 Å². The molecule has 2 spiro atoms. The van der Waals surface area contributed by atoms with E-state index in [9.17, 15) is 14.4 Å². The Morgan fingerprint density at radius 2 is 1.84 bits per heavy atom. The maximum Gasteiger partial charge on any atom is 0.249 e. The van der Waals surface area contributed by atoms with Gasteiger partial charge in [-0.2, -0.15) is 0 Å². The zero-order valence-electron chi connectivity index (χ0n) is 25.2. The lowest BCUT2D eigenvalue weighted by Gasteiger charge is -2.58. The van der Waals surface area contributed by atoms with Crippen LogP contribution in [-0.4, -0.2) is 46.5 Å². The van der Waals surface area contributed by atoms with Crippen LogP contribution in [0, 0.1) is 29.0 Å². The molecule has 0 bridgehead atoms. The SMILES string of the molecule is C[C@H]1CO[C@](C)(C(N)=O)C(C2CC3(CCC2(C)C)N[C@@H](C(N)=O)[C@H](c2ccnc(Cl)c2F)[C@]32C(=O)Nc3cc(Cl)ccc32)C1. The number of primary amides is 2. The largest absolute Gasteiger partial charge is 0.368 e. The molecule has 0 radical (unpaired) electrons. The van der Waals surface area contributed by atoms with Crippen LogP contribution in [0.3, 0.4) is 0 Å². The molecule has 4 aliphatic rings. The Morgan fingerprint density at radius 3 is 2.52 bits per heavy atom. The van der Waals surface area contributed by atoms with Gasteiger partial charge in [0.25, 0.3) is 0 Å². The first-order valence-electron chi connectivity index (χ1n) is 15.0. The molecular weight excluding hydrogens is 608 g/mol. The Kier molecular flexibility index (Phi) is 7.35. The fraction of sp³-hybridized carbons (Fsp3) is 0.562. The monoisotopic (exact) mass is 645 g/mol. The van der Waals surface area contributed by atoms with Crippen LogP contribution in [0.15, 0.2) is 30.5 Å². The zero-order chi connectivity index (χ0) is 32.0. The summed E-state index contributed by atoms with van der Waals surface area (Å²) in [7, 11) is 0. The Bertz CT molecular complexity index is 1570. The number of hydrogen-bond donors (Lipinski definition) is 4. The number of ether oxygens (including phenoxy) is 1. The first-order chi connectivity index (χ1) is 20.6. The number of carbonyl (C=O) groups is 3. The third-order valence-corrected chi connectivity index (χ3v) is 11.8. The molecule has 12 heteroatoms. The molecule has 44 heavy (non-hydrogen) atoms. The molecule has 4 heterocycles. The van der Waals surface area contributed by atoms with E-state index < -0.39 is 52.1 Å².